The lowest BCUT2D eigenvalue weighted by molar-refractivity contribution is 0.336. The van der Waals surface area contributed by atoms with Gasteiger partial charge >= 0.3 is 0 Å². The summed E-state index contributed by atoms with van der Waals surface area (Å²) in [5.74, 6) is 0.693. The highest BCUT2D eigenvalue weighted by atomic mass is 14.7. The Kier molecular flexibility index (Phi) is 6.20. The average Bonchev–Trinajstić information content (AvgIpc) is 2.24. The molecule has 4 N–H and O–H groups in total. The van der Waals surface area contributed by atoms with E-state index in [2.05, 4.69) is 0 Å². The average molecular weight is 198 g/mol. The van der Waals surface area contributed by atoms with E-state index in [9.17, 15) is 0 Å². The maximum atomic E-state index is 6.03. The van der Waals surface area contributed by atoms with Crippen LogP contribution < -0.4 is 11.5 Å². The lowest BCUT2D eigenvalue weighted by atomic mass is 9.87. The van der Waals surface area contributed by atoms with Crippen molar-refractivity contribution in [2.45, 2.75) is 63.8 Å². The van der Waals surface area contributed by atoms with E-state index in [0.29, 0.717) is 12.5 Å². The van der Waals surface area contributed by atoms with Gasteiger partial charge in [0, 0.05) is 12.6 Å². The zero-order chi connectivity index (χ0) is 10.2. The monoisotopic (exact) mass is 198 g/mol. The lowest BCUT2D eigenvalue weighted by Gasteiger charge is -2.23. The first-order valence-corrected chi connectivity index (χ1v) is 6.30. The highest BCUT2D eigenvalue weighted by Crippen LogP contribution is 2.22. The maximum absolute atomic E-state index is 6.03. The van der Waals surface area contributed by atoms with Crippen LogP contribution in [0.2, 0.25) is 0 Å². The quantitative estimate of drug-likeness (QED) is 0.716. The molecule has 1 saturated carbocycles. The summed E-state index contributed by atoms with van der Waals surface area (Å²) < 4.78 is 0. The molecule has 1 rings (SSSR count). The van der Waals surface area contributed by atoms with Crippen molar-refractivity contribution in [1.82, 2.24) is 0 Å². The molecule has 2 heteroatoms. The molecule has 0 amide bonds. The fourth-order valence-electron chi connectivity index (χ4n) is 2.46. The minimum absolute atomic E-state index is 0.245. The molecule has 1 aliphatic rings. The fourth-order valence-corrected chi connectivity index (χ4v) is 2.46. The Labute approximate surface area is 88.4 Å². The summed E-state index contributed by atoms with van der Waals surface area (Å²) in [6, 6.07) is 0.245. The molecule has 1 fully saturated rings. The second kappa shape index (κ2) is 7.24. The van der Waals surface area contributed by atoms with E-state index in [1.165, 1.54) is 57.8 Å². The standard InChI is InChI=1S/C12H26N2/c13-10-12(14)11-8-6-4-2-1-3-5-7-9-11/h11-12H,1-10,13-14H2. The van der Waals surface area contributed by atoms with Crippen LogP contribution in [0, 0.1) is 5.92 Å². The summed E-state index contributed by atoms with van der Waals surface area (Å²) in [5.41, 5.74) is 11.7. The minimum atomic E-state index is 0.245. The van der Waals surface area contributed by atoms with Crippen molar-refractivity contribution >= 4 is 0 Å². The van der Waals surface area contributed by atoms with Gasteiger partial charge in [0.25, 0.3) is 0 Å². The Balaban J connectivity index is 2.30. The third-order valence-corrected chi connectivity index (χ3v) is 3.53. The Bertz CT molecular complexity index is 126. The molecular formula is C12H26N2. The SMILES string of the molecule is NCC(N)C1CCCCCCCCC1. The molecule has 0 aromatic rings. The van der Waals surface area contributed by atoms with Gasteiger partial charge < -0.3 is 11.5 Å². The van der Waals surface area contributed by atoms with Crippen LogP contribution in [0.5, 0.6) is 0 Å². The number of hydrogen-bond acceptors (Lipinski definition) is 2. The first-order valence-electron chi connectivity index (χ1n) is 6.30. The van der Waals surface area contributed by atoms with E-state index < -0.39 is 0 Å². The Hall–Kier alpha value is -0.0800. The highest BCUT2D eigenvalue weighted by molar-refractivity contribution is 4.74. The van der Waals surface area contributed by atoms with E-state index in [1.54, 1.807) is 0 Å². The molecular weight excluding hydrogens is 172 g/mol. The molecule has 84 valence electrons. The Morgan fingerprint density at radius 2 is 1.29 bits per heavy atom. The smallest absolute Gasteiger partial charge is 0.0191 e. The molecule has 0 saturated heterocycles. The first kappa shape index (κ1) is 12.0. The van der Waals surface area contributed by atoms with Crippen LogP contribution in [0.1, 0.15) is 57.8 Å². The van der Waals surface area contributed by atoms with Gasteiger partial charge in [0.15, 0.2) is 0 Å². The number of hydrogen-bond donors (Lipinski definition) is 2. The van der Waals surface area contributed by atoms with Gasteiger partial charge in [-0.1, -0.05) is 44.9 Å². The van der Waals surface area contributed by atoms with Gasteiger partial charge in [0.2, 0.25) is 0 Å². The number of rotatable bonds is 2. The van der Waals surface area contributed by atoms with Crippen LogP contribution in [0.15, 0.2) is 0 Å². The van der Waals surface area contributed by atoms with Gasteiger partial charge in [-0.2, -0.15) is 0 Å². The van der Waals surface area contributed by atoms with E-state index in [0.717, 1.165) is 0 Å². The molecule has 1 unspecified atom stereocenters. The van der Waals surface area contributed by atoms with Crippen molar-refractivity contribution in [2.75, 3.05) is 6.54 Å². The van der Waals surface area contributed by atoms with Crippen LogP contribution in [-0.2, 0) is 0 Å². The predicted molar refractivity (Wildman–Crippen MR) is 62.1 cm³/mol. The van der Waals surface area contributed by atoms with Crippen LogP contribution >= 0.6 is 0 Å². The second-order valence-electron chi connectivity index (χ2n) is 4.71. The summed E-state index contributed by atoms with van der Waals surface area (Å²) in [6.45, 7) is 0.657. The van der Waals surface area contributed by atoms with Crippen molar-refractivity contribution in [1.29, 1.82) is 0 Å². The number of nitrogens with two attached hydrogens (primary N) is 2. The van der Waals surface area contributed by atoms with Crippen LogP contribution in [0.4, 0.5) is 0 Å². The van der Waals surface area contributed by atoms with E-state index in [4.69, 9.17) is 11.5 Å². The molecule has 2 nitrogen and oxygen atoms in total. The lowest BCUT2D eigenvalue weighted by Crippen LogP contribution is -2.37. The van der Waals surface area contributed by atoms with Crippen molar-refractivity contribution in [2.24, 2.45) is 17.4 Å². The minimum Gasteiger partial charge on any atom is -0.329 e. The third-order valence-electron chi connectivity index (χ3n) is 3.53. The molecule has 0 aliphatic heterocycles. The molecule has 1 aliphatic carbocycles. The molecule has 0 bridgehead atoms. The topological polar surface area (TPSA) is 52.0 Å². The summed E-state index contributed by atoms with van der Waals surface area (Å²) >= 11 is 0. The van der Waals surface area contributed by atoms with E-state index >= 15 is 0 Å². The van der Waals surface area contributed by atoms with Gasteiger partial charge in [-0.25, -0.2) is 0 Å². The zero-order valence-electron chi connectivity index (χ0n) is 9.38. The fraction of sp³-hybridized carbons (Fsp3) is 1.00. The Morgan fingerprint density at radius 3 is 1.71 bits per heavy atom. The van der Waals surface area contributed by atoms with E-state index in [1.807, 2.05) is 0 Å². The molecule has 0 spiro atoms. The molecule has 0 radical (unpaired) electrons. The summed E-state index contributed by atoms with van der Waals surface area (Å²) in [7, 11) is 0. The summed E-state index contributed by atoms with van der Waals surface area (Å²) in [5, 5.41) is 0. The Morgan fingerprint density at radius 1 is 0.857 bits per heavy atom. The van der Waals surface area contributed by atoms with Gasteiger partial charge in [-0.3, -0.25) is 0 Å². The van der Waals surface area contributed by atoms with Crippen LogP contribution in [0.3, 0.4) is 0 Å². The van der Waals surface area contributed by atoms with Crippen molar-refractivity contribution < 1.29 is 0 Å². The zero-order valence-corrected chi connectivity index (χ0v) is 9.38. The van der Waals surface area contributed by atoms with Crippen molar-refractivity contribution in [3.63, 3.8) is 0 Å². The maximum Gasteiger partial charge on any atom is 0.0191 e. The summed E-state index contributed by atoms with van der Waals surface area (Å²) in [6.07, 6.45) is 12.4. The second-order valence-corrected chi connectivity index (χ2v) is 4.71. The van der Waals surface area contributed by atoms with Gasteiger partial charge in [0.1, 0.15) is 0 Å². The van der Waals surface area contributed by atoms with Crippen molar-refractivity contribution in [3.8, 4) is 0 Å². The normalized spacial score (nSPS) is 24.4. The first-order chi connectivity index (χ1) is 6.84. The van der Waals surface area contributed by atoms with Crippen LogP contribution in [0.25, 0.3) is 0 Å². The van der Waals surface area contributed by atoms with Crippen molar-refractivity contribution in [3.05, 3.63) is 0 Å². The van der Waals surface area contributed by atoms with Gasteiger partial charge in [0.05, 0.1) is 0 Å². The highest BCUT2D eigenvalue weighted by Gasteiger charge is 2.16. The van der Waals surface area contributed by atoms with Gasteiger partial charge in [-0.15, -0.1) is 0 Å². The molecule has 0 aromatic carbocycles. The molecule has 0 heterocycles. The molecule has 14 heavy (non-hydrogen) atoms. The molecule has 1 atom stereocenters. The third kappa shape index (κ3) is 4.43. The molecule has 0 aromatic heterocycles. The summed E-state index contributed by atoms with van der Waals surface area (Å²) in [4.78, 5) is 0. The largest absolute Gasteiger partial charge is 0.329 e. The van der Waals surface area contributed by atoms with Crippen LogP contribution in [-0.4, -0.2) is 12.6 Å². The predicted octanol–water partition coefficient (Wildman–Crippen LogP) is 2.41. The van der Waals surface area contributed by atoms with E-state index in [-0.39, 0.29) is 6.04 Å². The van der Waals surface area contributed by atoms with Gasteiger partial charge in [-0.05, 0) is 18.8 Å².